The van der Waals surface area contributed by atoms with E-state index in [9.17, 15) is 8.42 Å². The summed E-state index contributed by atoms with van der Waals surface area (Å²) in [6.07, 6.45) is 1.54. The summed E-state index contributed by atoms with van der Waals surface area (Å²) in [6, 6.07) is 7.04. The van der Waals surface area contributed by atoms with Gasteiger partial charge in [-0.15, -0.1) is 12.6 Å². The van der Waals surface area contributed by atoms with E-state index >= 15 is 0 Å². The summed E-state index contributed by atoms with van der Waals surface area (Å²) in [4.78, 5) is 0.637. The Bertz CT molecular complexity index is 415. The highest BCUT2D eigenvalue weighted by atomic mass is 32.2. The maximum atomic E-state index is 11.6. The van der Waals surface area contributed by atoms with Gasteiger partial charge in [-0.05, 0) is 18.6 Å². The molecule has 0 saturated heterocycles. The van der Waals surface area contributed by atoms with Gasteiger partial charge in [-0.3, -0.25) is 4.72 Å². The van der Waals surface area contributed by atoms with Crippen molar-refractivity contribution in [3.63, 3.8) is 0 Å². The number of thiol groups is 1. The lowest BCUT2D eigenvalue weighted by molar-refractivity contribution is 0.598. The molecule has 0 aliphatic carbocycles. The van der Waals surface area contributed by atoms with Crippen molar-refractivity contribution in [2.24, 2.45) is 0 Å². The first-order valence-corrected chi connectivity index (χ1v) is 6.93. The number of benzene rings is 1. The maximum absolute atomic E-state index is 11.6. The van der Waals surface area contributed by atoms with E-state index in [1.165, 1.54) is 0 Å². The summed E-state index contributed by atoms with van der Waals surface area (Å²) >= 11 is 4.17. The van der Waals surface area contributed by atoms with Gasteiger partial charge in [0, 0.05) is 4.90 Å². The fourth-order valence-corrected chi connectivity index (χ4v) is 2.69. The highest BCUT2D eigenvalue weighted by molar-refractivity contribution is 7.92. The van der Waals surface area contributed by atoms with Crippen molar-refractivity contribution in [1.82, 2.24) is 0 Å². The van der Waals surface area contributed by atoms with Gasteiger partial charge in [-0.1, -0.05) is 25.5 Å². The van der Waals surface area contributed by atoms with Crippen molar-refractivity contribution >= 4 is 28.3 Å². The molecule has 5 heteroatoms. The van der Waals surface area contributed by atoms with Gasteiger partial charge in [0.15, 0.2) is 0 Å². The number of hydrogen-bond donors (Lipinski definition) is 2. The van der Waals surface area contributed by atoms with Gasteiger partial charge in [0.25, 0.3) is 0 Å². The molecule has 1 aromatic rings. The van der Waals surface area contributed by atoms with Crippen LogP contribution in [0.2, 0.25) is 0 Å². The Balaban J connectivity index is 2.74. The molecule has 0 radical (unpaired) electrons. The van der Waals surface area contributed by atoms with Crippen LogP contribution < -0.4 is 4.72 Å². The van der Waals surface area contributed by atoms with E-state index < -0.39 is 10.0 Å². The lowest BCUT2D eigenvalue weighted by Gasteiger charge is -2.08. The number of para-hydroxylation sites is 1. The van der Waals surface area contributed by atoms with Gasteiger partial charge in [0.2, 0.25) is 10.0 Å². The molecule has 0 bridgehead atoms. The monoisotopic (exact) mass is 245 g/mol. The molecule has 0 unspecified atom stereocenters. The minimum atomic E-state index is -3.22. The summed E-state index contributed by atoms with van der Waals surface area (Å²) in [5, 5.41) is 0. The number of hydrogen-bond acceptors (Lipinski definition) is 3. The second kappa shape index (κ2) is 5.42. The molecule has 1 aromatic carbocycles. The van der Waals surface area contributed by atoms with Crippen LogP contribution in [0.1, 0.15) is 19.8 Å². The van der Waals surface area contributed by atoms with Crippen molar-refractivity contribution in [2.45, 2.75) is 24.7 Å². The highest BCUT2D eigenvalue weighted by Crippen LogP contribution is 2.20. The third kappa shape index (κ3) is 4.13. The average Bonchev–Trinajstić information content (AvgIpc) is 2.18. The summed E-state index contributed by atoms with van der Waals surface area (Å²) in [5.74, 6) is 0.158. The lowest BCUT2D eigenvalue weighted by Crippen LogP contribution is -2.16. The third-order valence-corrected chi connectivity index (χ3v) is 3.68. The second-order valence-corrected chi connectivity index (χ2v) is 5.62. The number of rotatable bonds is 5. The number of anilines is 1. The van der Waals surface area contributed by atoms with Crippen molar-refractivity contribution in [3.05, 3.63) is 24.3 Å². The molecule has 0 aliphatic rings. The molecule has 0 aliphatic heterocycles. The van der Waals surface area contributed by atoms with Crippen LogP contribution in [-0.2, 0) is 10.0 Å². The van der Waals surface area contributed by atoms with Crippen LogP contribution in [0.4, 0.5) is 5.69 Å². The molecule has 0 atom stereocenters. The zero-order chi connectivity index (χ0) is 11.3. The van der Waals surface area contributed by atoms with Crippen LogP contribution >= 0.6 is 12.6 Å². The topological polar surface area (TPSA) is 46.2 Å². The zero-order valence-electron chi connectivity index (χ0n) is 8.60. The molecule has 0 aromatic heterocycles. The smallest absolute Gasteiger partial charge is 0.232 e. The number of sulfonamides is 1. The molecule has 0 heterocycles. The van der Waals surface area contributed by atoms with E-state index in [1.807, 2.05) is 13.0 Å². The Morgan fingerprint density at radius 1 is 1.33 bits per heavy atom. The standard InChI is InChI=1S/C10H15NO2S2/c1-2-3-8-15(12,13)11-9-6-4-5-7-10(9)14/h4-7,11,14H,2-3,8H2,1H3. The normalized spacial score (nSPS) is 11.3. The van der Waals surface area contributed by atoms with E-state index in [0.29, 0.717) is 17.0 Å². The van der Waals surface area contributed by atoms with Gasteiger partial charge in [0.1, 0.15) is 0 Å². The molecule has 1 rings (SSSR count). The van der Waals surface area contributed by atoms with E-state index in [0.717, 1.165) is 6.42 Å². The highest BCUT2D eigenvalue weighted by Gasteiger charge is 2.10. The molecular weight excluding hydrogens is 230 g/mol. The van der Waals surface area contributed by atoms with Crippen molar-refractivity contribution < 1.29 is 8.42 Å². The molecule has 3 nitrogen and oxygen atoms in total. The van der Waals surface area contributed by atoms with Crippen molar-refractivity contribution in [2.75, 3.05) is 10.5 Å². The van der Waals surface area contributed by atoms with E-state index in [2.05, 4.69) is 17.4 Å². The Kier molecular flexibility index (Phi) is 4.47. The van der Waals surface area contributed by atoms with E-state index in [-0.39, 0.29) is 5.75 Å². The average molecular weight is 245 g/mol. The van der Waals surface area contributed by atoms with E-state index in [4.69, 9.17) is 0 Å². The minimum Gasteiger partial charge on any atom is -0.282 e. The van der Waals surface area contributed by atoms with E-state index in [1.54, 1.807) is 18.2 Å². The Hall–Kier alpha value is -0.680. The largest absolute Gasteiger partial charge is 0.282 e. The Morgan fingerprint density at radius 3 is 2.60 bits per heavy atom. The first kappa shape index (κ1) is 12.4. The summed E-state index contributed by atoms with van der Waals surface area (Å²) in [7, 11) is -3.22. The molecule has 0 saturated carbocycles. The van der Waals surface area contributed by atoms with Gasteiger partial charge in [-0.2, -0.15) is 0 Å². The second-order valence-electron chi connectivity index (χ2n) is 3.29. The fraction of sp³-hybridized carbons (Fsp3) is 0.400. The first-order valence-electron chi connectivity index (χ1n) is 4.83. The molecule has 15 heavy (non-hydrogen) atoms. The Labute approximate surface area is 96.4 Å². The predicted octanol–water partition coefficient (Wildman–Crippen LogP) is 2.52. The zero-order valence-corrected chi connectivity index (χ0v) is 10.3. The molecule has 84 valence electrons. The maximum Gasteiger partial charge on any atom is 0.232 e. The molecule has 0 amide bonds. The van der Waals surface area contributed by atoms with Gasteiger partial charge in [-0.25, -0.2) is 8.42 Å². The first-order chi connectivity index (χ1) is 7.05. The quantitative estimate of drug-likeness (QED) is 0.783. The molecule has 0 spiro atoms. The van der Waals surface area contributed by atoms with Crippen LogP contribution in [0, 0.1) is 0 Å². The molecule has 1 N–H and O–H groups in total. The molecular formula is C10H15NO2S2. The van der Waals surface area contributed by atoms with Gasteiger partial charge >= 0.3 is 0 Å². The predicted molar refractivity (Wildman–Crippen MR) is 66.0 cm³/mol. The van der Waals surface area contributed by atoms with Crippen LogP contribution in [0.15, 0.2) is 29.2 Å². The SMILES string of the molecule is CCCCS(=O)(=O)Nc1ccccc1S. The number of nitrogens with one attached hydrogen (secondary N) is 1. The van der Waals surface area contributed by atoms with Crippen LogP contribution in [0.5, 0.6) is 0 Å². The minimum absolute atomic E-state index is 0.158. The van der Waals surface area contributed by atoms with Crippen LogP contribution in [0.25, 0.3) is 0 Å². The van der Waals surface area contributed by atoms with Crippen LogP contribution in [0.3, 0.4) is 0 Å². The van der Waals surface area contributed by atoms with Crippen molar-refractivity contribution in [3.8, 4) is 0 Å². The summed E-state index contributed by atoms with van der Waals surface area (Å²) < 4.78 is 25.6. The summed E-state index contributed by atoms with van der Waals surface area (Å²) in [5.41, 5.74) is 0.539. The fourth-order valence-electron chi connectivity index (χ4n) is 1.11. The lowest BCUT2D eigenvalue weighted by atomic mass is 10.3. The van der Waals surface area contributed by atoms with Crippen LogP contribution in [-0.4, -0.2) is 14.2 Å². The van der Waals surface area contributed by atoms with Gasteiger partial charge < -0.3 is 0 Å². The summed E-state index contributed by atoms with van der Waals surface area (Å²) in [6.45, 7) is 1.96. The number of unbranched alkanes of at least 4 members (excludes halogenated alkanes) is 1. The van der Waals surface area contributed by atoms with Crippen molar-refractivity contribution in [1.29, 1.82) is 0 Å². The molecule has 0 fully saturated rings. The van der Waals surface area contributed by atoms with Gasteiger partial charge in [0.05, 0.1) is 11.4 Å². The third-order valence-electron chi connectivity index (χ3n) is 1.94. The Morgan fingerprint density at radius 2 is 2.00 bits per heavy atom.